The van der Waals surface area contributed by atoms with Gasteiger partial charge in [0.15, 0.2) is 0 Å². The molecule has 1 atom stereocenters. The molecule has 1 amide bonds. The molecule has 1 unspecified atom stereocenters. The second-order valence-corrected chi connectivity index (χ2v) is 5.61. The first kappa shape index (κ1) is 11.5. The zero-order valence-corrected chi connectivity index (χ0v) is 10.6. The maximum absolute atomic E-state index is 11.6. The molecule has 0 bridgehead atoms. The number of rotatable bonds is 3. The Morgan fingerprint density at radius 2 is 2.00 bits per heavy atom. The lowest BCUT2D eigenvalue weighted by Gasteiger charge is -2.23. The molecule has 1 heterocycles. The first-order valence-electron chi connectivity index (χ1n) is 5.69. The molecule has 2 nitrogen and oxygen atoms in total. The smallest absolute Gasteiger partial charge is 0.223 e. The van der Waals surface area contributed by atoms with Crippen molar-refractivity contribution in [3.05, 3.63) is 29.8 Å². The van der Waals surface area contributed by atoms with Crippen molar-refractivity contribution < 1.29 is 4.79 Å². The molecule has 0 spiro atoms. The summed E-state index contributed by atoms with van der Waals surface area (Å²) in [5, 5.41) is 0.248. The topological polar surface area (TPSA) is 20.3 Å². The predicted octanol–water partition coefficient (Wildman–Crippen LogP) is 3.06. The summed E-state index contributed by atoms with van der Waals surface area (Å²) < 4.78 is 0. The van der Waals surface area contributed by atoms with E-state index in [1.165, 1.54) is 10.5 Å². The van der Waals surface area contributed by atoms with Crippen LogP contribution in [0.3, 0.4) is 0 Å². The number of nitrogens with zero attached hydrogens (tertiary/aromatic N) is 1. The number of hydrogen-bond donors (Lipinski definition) is 0. The van der Waals surface area contributed by atoms with E-state index in [2.05, 4.69) is 38.1 Å². The number of likely N-dealkylation sites (tertiary alicyclic amines) is 1. The predicted molar refractivity (Wildman–Crippen MR) is 67.4 cm³/mol. The fourth-order valence-electron chi connectivity index (χ4n) is 1.93. The van der Waals surface area contributed by atoms with E-state index in [9.17, 15) is 4.79 Å². The molecule has 1 aromatic carbocycles. The highest BCUT2D eigenvalue weighted by Crippen LogP contribution is 2.28. The molecule has 1 aliphatic rings. The molecular weight excluding hydrogens is 218 g/mol. The van der Waals surface area contributed by atoms with Crippen LogP contribution in [0.5, 0.6) is 0 Å². The van der Waals surface area contributed by atoms with Gasteiger partial charge in [-0.1, -0.05) is 17.7 Å². The van der Waals surface area contributed by atoms with Gasteiger partial charge in [-0.2, -0.15) is 0 Å². The lowest BCUT2D eigenvalue weighted by molar-refractivity contribution is -0.128. The maximum Gasteiger partial charge on any atom is 0.223 e. The van der Waals surface area contributed by atoms with E-state index in [4.69, 9.17) is 0 Å². The Morgan fingerprint density at radius 3 is 2.56 bits per heavy atom. The first-order valence-corrected chi connectivity index (χ1v) is 6.57. The van der Waals surface area contributed by atoms with E-state index < -0.39 is 0 Å². The first-order chi connectivity index (χ1) is 7.66. The molecule has 1 aliphatic heterocycles. The summed E-state index contributed by atoms with van der Waals surface area (Å²) in [5.74, 6) is 0.298. The lowest BCUT2D eigenvalue weighted by Crippen LogP contribution is -2.31. The summed E-state index contributed by atoms with van der Waals surface area (Å²) >= 11 is 1.76. The Bertz CT molecular complexity index is 374. The van der Waals surface area contributed by atoms with E-state index >= 15 is 0 Å². The SMILES string of the molecule is Cc1ccc(SC(C)N2CCCC2=O)cc1. The third-order valence-corrected chi connectivity index (χ3v) is 4.02. The van der Waals surface area contributed by atoms with Crippen LogP contribution in [0.25, 0.3) is 0 Å². The summed E-state index contributed by atoms with van der Waals surface area (Å²) in [7, 11) is 0. The Labute approximate surface area is 101 Å². The van der Waals surface area contributed by atoms with Crippen molar-refractivity contribution in [2.75, 3.05) is 6.54 Å². The van der Waals surface area contributed by atoms with Crippen molar-refractivity contribution in [3.8, 4) is 0 Å². The molecule has 16 heavy (non-hydrogen) atoms. The van der Waals surface area contributed by atoms with Crippen LogP contribution < -0.4 is 0 Å². The largest absolute Gasteiger partial charge is 0.331 e. The summed E-state index contributed by atoms with van der Waals surface area (Å²) in [5.41, 5.74) is 1.27. The van der Waals surface area contributed by atoms with Gasteiger partial charge in [0.25, 0.3) is 0 Å². The molecule has 1 aromatic rings. The van der Waals surface area contributed by atoms with Crippen molar-refractivity contribution >= 4 is 17.7 Å². The summed E-state index contributed by atoms with van der Waals surface area (Å²) in [4.78, 5) is 14.8. The number of carbonyl (C=O) groups excluding carboxylic acids is 1. The third-order valence-electron chi connectivity index (χ3n) is 2.88. The van der Waals surface area contributed by atoms with E-state index in [1.54, 1.807) is 11.8 Å². The van der Waals surface area contributed by atoms with Crippen LogP contribution in [-0.4, -0.2) is 22.7 Å². The molecule has 0 N–H and O–H groups in total. The summed E-state index contributed by atoms with van der Waals surface area (Å²) in [6, 6.07) is 8.47. The van der Waals surface area contributed by atoms with Gasteiger partial charge >= 0.3 is 0 Å². The molecular formula is C13H17NOS. The van der Waals surface area contributed by atoms with Crippen LogP contribution >= 0.6 is 11.8 Å². The summed E-state index contributed by atoms with van der Waals surface area (Å²) in [6.07, 6.45) is 1.73. The molecule has 1 fully saturated rings. The number of benzene rings is 1. The third kappa shape index (κ3) is 2.59. The van der Waals surface area contributed by atoms with E-state index in [1.807, 2.05) is 4.90 Å². The van der Waals surface area contributed by atoms with Gasteiger partial charge in [-0.3, -0.25) is 4.79 Å². The Hall–Kier alpha value is -0.960. The monoisotopic (exact) mass is 235 g/mol. The average molecular weight is 235 g/mol. The van der Waals surface area contributed by atoms with E-state index in [-0.39, 0.29) is 5.37 Å². The van der Waals surface area contributed by atoms with Crippen molar-refractivity contribution in [3.63, 3.8) is 0 Å². The summed E-state index contributed by atoms with van der Waals surface area (Å²) in [6.45, 7) is 5.11. The van der Waals surface area contributed by atoms with Gasteiger partial charge in [-0.25, -0.2) is 0 Å². The van der Waals surface area contributed by atoms with Crippen molar-refractivity contribution in [2.45, 2.75) is 37.0 Å². The van der Waals surface area contributed by atoms with Gasteiger partial charge < -0.3 is 4.90 Å². The molecule has 3 heteroatoms. The van der Waals surface area contributed by atoms with E-state index in [0.29, 0.717) is 5.91 Å². The number of hydrogen-bond acceptors (Lipinski definition) is 2. The van der Waals surface area contributed by atoms with Crippen LogP contribution in [0, 0.1) is 6.92 Å². The van der Waals surface area contributed by atoms with Crippen molar-refractivity contribution in [1.29, 1.82) is 0 Å². The molecule has 0 radical (unpaired) electrons. The normalized spacial score (nSPS) is 17.9. The standard InChI is InChI=1S/C13H17NOS/c1-10-5-7-12(8-6-10)16-11(2)14-9-3-4-13(14)15/h5-8,11H,3-4,9H2,1-2H3. The minimum absolute atomic E-state index is 0.248. The zero-order valence-electron chi connectivity index (χ0n) is 9.77. The number of aryl methyl sites for hydroxylation is 1. The molecule has 2 rings (SSSR count). The molecule has 86 valence electrons. The fourth-order valence-corrected chi connectivity index (χ4v) is 2.97. The second-order valence-electron chi connectivity index (χ2n) is 4.22. The van der Waals surface area contributed by atoms with Crippen LogP contribution in [0.2, 0.25) is 0 Å². The van der Waals surface area contributed by atoms with Crippen LogP contribution in [0.15, 0.2) is 29.2 Å². The van der Waals surface area contributed by atoms with Crippen molar-refractivity contribution in [1.82, 2.24) is 4.90 Å². The minimum Gasteiger partial charge on any atom is -0.331 e. The van der Waals surface area contributed by atoms with Gasteiger partial charge in [-0.05, 0) is 32.4 Å². The highest BCUT2D eigenvalue weighted by molar-refractivity contribution is 7.99. The highest BCUT2D eigenvalue weighted by Gasteiger charge is 2.25. The van der Waals surface area contributed by atoms with Gasteiger partial charge in [-0.15, -0.1) is 11.8 Å². The number of carbonyl (C=O) groups is 1. The molecule has 0 aromatic heterocycles. The van der Waals surface area contributed by atoms with E-state index in [0.717, 1.165) is 19.4 Å². The van der Waals surface area contributed by atoms with Crippen LogP contribution in [0.4, 0.5) is 0 Å². The molecule has 1 saturated heterocycles. The van der Waals surface area contributed by atoms with Crippen LogP contribution in [-0.2, 0) is 4.79 Å². The zero-order chi connectivity index (χ0) is 11.5. The lowest BCUT2D eigenvalue weighted by atomic mass is 10.2. The Kier molecular flexibility index (Phi) is 3.54. The van der Waals surface area contributed by atoms with Gasteiger partial charge in [0.2, 0.25) is 5.91 Å². The van der Waals surface area contributed by atoms with Gasteiger partial charge in [0.05, 0.1) is 5.37 Å². The number of thioether (sulfide) groups is 1. The maximum atomic E-state index is 11.6. The fraction of sp³-hybridized carbons (Fsp3) is 0.462. The highest BCUT2D eigenvalue weighted by atomic mass is 32.2. The molecule has 0 saturated carbocycles. The number of amides is 1. The Morgan fingerprint density at radius 1 is 1.31 bits per heavy atom. The quantitative estimate of drug-likeness (QED) is 0.750. The Balaban J connectivity index is 1.98. The van der Waals surface area contributed by atoms with Gasteiger partial charge in [0, 0.05) is 17.9 Å². The molecule has 0 aliphatic carbocycles. The minimum atomic E-state index is 0.248. The average Bonchev–Trinajstić information content (AvgIpc) is 2.68. The van der Waals surface area contributed by atoms with Crippen molar-refractivity contribution in [2.24, 2.45) is 0 Å². The van der Waals surface area contributed by atoms with Gasteiger partial charge in [0.1, 0.15) is 0 Å². The van der Waals surface area contributed by atoms with Crippen LogP contribution in [0.1, 0.15) is 25.3 Å². The second kappa shape index (κ2) is 4.91.